The maximum absolute atomic E-state index is 11.0. The third-order valence-electron chi connectivity index (χ3n) is 2.20. The molecule has 0 aromatic carbocycles. The lowest BCUT2D eigenvalue weighted by Gasteiger charge is -2.31. The van der Waals surface area contributed by atoms with Crippen LogP contribution in [0, 0.1) is 7.05 Å². The number of nitrogens with zero attached hydrogens (tertiary/aromatic N) is 2. The Hall–Kier alpha value is -0.450. The molecule has 1 heterocycles. The average Bonchev–Trinajstić information content (AvgIpc) is 2.09. The van der Waals surface area contributed by atoms with E-state index in [1.165, 1.54) is 5.32 Å². The summed E-state index contributed by atoms with van der Waals surface area (Å²) in [5.74, 6) is 0.125. The number of quaternary nitrogens is 1. The molecule has 1 aliphatic heterocycles. The molecular weight excluding hydrogens is 154 g/mol. The van der Waals surface area contributed by atoms with Gasteiger partial charge in [0.2, 0.25) is 0 Å². The topological polar surface area (TPSA) is 40.2 Å². The first-order valence-electron chi connectivity index (χ1n) is 4.28. The highest BCUT2D eigenvalue weighted by Crippen LogP contribution is 1.96. The van der Waals surface area contributed by atoms with Crippen molar-refractivity contribution in [3.8, 4) is 0 Å². The number of hydrogen-bond acceptors (Lipinski definition) is 3. The van der Waals surface area contributed by atoms with E-state index < -0.39 is 0 Å². The molecule has 1 fully saturated rings. The first-order valence-corrected chi connectivity index (χ1v) is 4.28. The van der Waals surface area contributed by atoms with Crippen molar-refractivity contribution in [1.82, 2.24) is 9.80 Å². The summed E-state index contributed by atoms with van der Waals surface area (Å²) in [7, 11) is 5.56. The number of nitrogens with two attached hydrogens (primary N) is 1. The van der Waals surface area contributed by atoms with Gasteiger partial charge in [0.05, 0.1) is 0 Å². The summed E-state index contributed by atoms with van der Waals surface area (Å²) in [6.07, 6.45) is 0. The number of rotatable bonds is 2. The molecule has 0 radical (unpaired) electrons. The Labute approximate surface area is 73.5 Å². The van der Waals surface area contributed by atoms with Gasteiger partial charge in [-0.25, -0.2) is 4.79 Å². The van der Waals surface area contributed by atoms with Crippen molar-refractivity contribution in [2.75, 3.05) is 39.8 Å². The SMILES string of the molecule is [CH2-][NH2+]C(=O)CN1CCN(C)CC1. The van der Waals surface area contributed by atoms with Gasteiger partial charge in [-0.15, -0.1) is 7.05 Å². The van der Waals surface area contributed by atoms with Gasteiger partial charge in [-0.1, -0.05) is 0 Å². The fourth-order valence-electron chi connectivity index (χ4n) is 1.29. The zero-order valence-corrected chi connectivity index (χ0v) is 7.62. The minimum atomic E-state index is 0.125. The predicted octanol–water partition coefficient (Wildman–Crippen LogP) is -1.88. The number of hydrogen-bond donors (Lipinski definition) is 1. The highest BCUT2D eigenvalue weighted by Gasteiger charge is 2.16. The molecule has 2 N–H and O–H groups in total. The first-order chi connectivity index (χ1) is 5.72. The van der Waals surface area contributed by atoms with Crippen molar-refractivity contribution in [2.45, 2.75) is 0 Å². The van der Waals surface area contributed by atoms with Crippen LogP contribution in [0.15, 0.2) is 0 Å². The van der Waals surface area contributed by atoms with E-state index in [9.17, 15) is 4.79 Å². The fourth-order valence-corrected chi connectivity index (χ4v) is 1.29. The monoisotopic (exact) mass is 171 g/mol. The molecule has 0 aliphatic carbocycles. The lowest BCUT2D eigenvalue weighted by Crippen LogP contribution is -2.83. The van der Waals surface area contributed by atoms with E-state index in [-0.39, 0.29) is 5.91 Å². The second-order valence-electron chi connectivity index (χ2n) is 3.25. The van der Waals surface area contributed by atoms with Crippen LogP contribution in [-0.4, -0.2) is 55.5 Å². The molecule has 4 nitrogen and oxygen atoms in total. The molecule has 0 spiro atoms. The molecule has 1 amide bonds. The molecule has 0 atom stereocenters. The fraction of sp³-hybridized carbons (Fsp3) is 0.750. The summed E-state index contributed by atoms with van der Waals surface area (Å²) in [6, 6.07) is 0. The van der Waals surface area contributed by atoms with Gasteiger partial charge in [-0.05, 0) is 7.05 Å². The van der Waals surface area contributed by atoms with Gasteiger partial charge in [0.15, 0.2) is 0 Å². The van der Waals surface area contributed by atoms with Gasteiger partial charge in [0.25, 0.3) is 5.91 Å². The quantitative estimate of drug-likeness (QED) is 0.494. The Kier molecular flexibility index (Phi) is 3.65. The molecule has 0 saturated carbocycles. The maximum atomic E-state index is 11.0. The van der Waals surface area contributed by atoms with Crippen molar-refractivity contribution < 1.29 is 10.1 Å². The first kappa shape index (κ1) is 9.64. The van der Waals surface area contributed by atoms with E-state index in [2.05, 4.69) is 23.9 Å². The zero-order valence-electron chi connectivity index (χ0n) is 7.62. The van der Waals surface area contributed by atoms with Crippen LogP contribution in [0.3, 0.4) is 0 Å². The van der Waals surface area contributed by atoms with E-state index in [1.54, 1.807) is 0 Å². The molecular formula is C8H17N3O. The lowest BCUT2D eigenvalue weighted by molar-refractivity contribution is -0.507. The molecule has 0 bridgehead atoms. The Morgan fingerprint density at radius 1 is 1.42 bits per heavy atom. The zero-order chi connectivity index (χ0) is 8.97. The van der Waals surface area contributed by atoms with Gasteiger partial charge in [0.1, 0.15) is 6.54 Å². The second-order valence-corrected chi connectivity index (χ2v) is 3.25. The van der Waals surface area contributed by atoms with Gasteiger partial charge < -0.3 is 10.2 Å². The number of primary amides is 1. The van der Waals surface area contributed by atoms with Crippen molar-refractivity contribution in [2.24, 2.45) is 0 Å². The Bertz CT molecular complexity index is 152. The van der Waals surface area contributed by atoms with E-state index in [0.29, 0.717) is 6.54 Å². The van der Waals surface area contributed by atoms with Gasteiger partial charge in [-0.3, -0.25) is 4.90 Å². The number of carbonyl (C=O) groups is 1. The minimum absolute atomic E-state index is 0.125. The summed E-state index contributed by atoms with van der Waals surface area (Å²) in [4.78, 5) is 15.4. The maximum Gasteiger partial charge on any atom is 0.298 e. The summed E-state index contributed by atoms with van der Waals surface area (Å²) in [6.45, 7) is 4.65. The van der Waals surface area contributed by atoms with E-state index >= 15 is 0 Å². The van der Waals surface area contributed by atoms with Crippen LogP contribution < -0.4 is 5.32 Å². The van der Waals surface area contributed by atoms with Crippen molar-refractivity contribution in [1.29, 1.82) is 0 Å². The van der Waals surface area contributed by atoms with Crippen molar-refractivity contribution in [3.63, 3.8) is 0 Å². The molecule has 0 aromatic heterocycles. The van der Waals surface area contributed by atoms with Crippen LogP contribution in [-0.2, 0) is 4.79 Å². The van der Waals surface area contributed by atoms with E-state index in [4.69, 9.17) is 0 Å². The van der Waals surface area contributed by atoms with Crippen molar-refractivity contribution in [3.05, 3.63) is 7.05 Å². The average molecular weight is 171 g/mol. The highest BCUT2D eigenvalue weighted by molar-refractivity contribution is 5.67. The van der Waals surface area contributed by atoms with Gasteiger partial charge in [0, 0.05) is 26.2 Å². The smallest absolute Gasteiger partial charge is 0.298 e. The summed E-state index contributed by atoms with van der Waals surface area (Å²) in [5, 5.41) is 1.40. The lowest BCUT2D eigenvalue weighted by atomic mass is 10.3. The number of carbonyl (C=O) groups excluding carboxylic acids is 1. The Balaban J connectivity index is 2.21. The predicted molar refractivity (Wildman–Crippen MR) is 46.2 cm³/mol. The molecule has 0 unspecified atom stereocenters. The van der Waals surface area contributed by atoms with Gasteiger partial charge >= 0.3 is 0 Å². The molecule has 4 heteroatoms. The minimum Gasteiger partial charge on any atom is -0.414 e. The van der Waals surface area contributed by atoms with Crippen LogP contribution in [0.5, 0.6) is 0 Å². The Morgan fingerprint density at radius 3 is 2.50 bits per heavy atom. The summed E-state index contributed by atoms with van der Waals surface area (Å²) < 4.78 is 0. The number of amides is 1. The number of likely N-dealkylation sites (N-methyl/N-ethyl adjacent to an activating group) is 1. The van der Waals surface area contributed by atoms with E-state index in [1.807, 2.05) is 0 Å². The number of piperazine rings is 1. The van der Waals surface area contributed by atoms with Crippen LogP contribution in [0.1, 0.15) is 0 Å². The summed E-state index contributed by atoms with van der Waals surface area (Å²) >= 11 is 0. The normalized spacial score (nSPS) is 21.2. The molecule has 12 heavy (non-hydrogen) atoms. The highest BCUT2D eigenvalue weighted by atomic mass is 16.1. The third kappa shape index (κ3) is 2.89. The Morgan fingerprint density at radius 2 is 2.00 bits per heavy atom. The molecule has 1 rings (SSSR count). The molecule has 0 aromatic rings. The largest absolute Gasteiger partial charge is 0.414 e. The van der Waals surface area contributed by atoms with Gasteiger partial charge in [-0.2, -0.15) is 0 Å². The van der Waals surface area contributed by atoms with Crippen LogP contribution in [0.4, 0.5) is 0 Å². The summed E-state index contributed by atoms with van der Waals surface area (Å²) in [5.41, 5.74) is 0. The second kappa shape index (κ2) is 4.54. The van der Waals surface area contributed by atoms with Crippen molar-refractivity contribution >= 4 is 5.91 Å². The third-order valence-corrected chi connectivity index (χ3v) is 2.20. The standard InChI is InChI=1S/C8H17N3O/c1-9-8(12)7-11-5-3-10(2)4-6-11/h1,3-7,9H2,2H3. The van der Waals surface area contributed by atoms with Crippen LogP contribution in [0.2, 0.25) is 0 Å². The molecule has 1 aliphatic rings. The van der Waals surface area contributed by atoms with Crippen LogP contribution >= 0.6 is 0 Å². The molecule has 70 valence electrons. The van der Waals surface area contributed by atoms with E-state index in [0.717, 1.165) is 26.2 Å². The molecule has 1 saturated heterocycles. The van der Waals surface area contributed by atoms with Crippen LogP contribution in [0.25, 0.3) is 0 Å².